The van der Waals surface area contributed by atoms with Gasteiger partial charge in [0.2, 0.25) is 11.8 Å². The molecule has 2 amide bonds. The molecule has 0 heterocycles. The van der Waals surface area contributed by atoms with Crippen molar-refractivity contribution in [3.63, 3.8) is 0 Å². The Balaban J connectivity index is 1.60. The molecule has 0 aliphatic rings. The maximum Gasteiger partial charge on any atom is 0.244 e. The summed E-state index contributed by atoms with van der Waals surface area (Å²) in [4.78, 5) is 23.5. The molecule has 2 aromatic carbocycles. The van der Waals surface area contributed by atoms with Gasteiger partial charge in [0.25, 0.3) is 0 Å². The summed E-state index contributed by atoms with van der Waals surface area (Å²) in [6, 6.07) is 15.9. The van der Waals surface area contributed by atoms with Gasteiger partial charge in [0.05, 0.1) is 0 Å². The maximum absolute atomic E-state index is 11.8. The number of aryl methyl sites for hydroxylation is 2. The van der Waals surface area contributed by atoms with Gasteiger partial charge in [0.15, 0.2) is 0 Å². The molecule has 0 fully saturated rings. The van der Waals surface area contributed by atoms with Crippen LogP contribution in [-0.4, -0.2) is 24.9 Å². The van der Waals surface area contributed by atoms with Crippen LogP contribution in [0.2, 0.25) is 0 Å². The van der Waals surface area contributed by atoms with Gasteiger partial charge in [-0.1, -0.05) is 59.7 Å². The average molecular weight is 362 g/mol. The Morgan fingerprint density at radius 3 is 1.44 bits per heavy atom. The summed E-state index contributed by atoms with van der Waals surface area (Å²) in [5, 5.41) is 5.61. The third-order valence-corrected chi connectivity index (χ3v) is 3.96. The van der Waals surface area contributed by atoms with Gasteiger partial charge in [-0.3, -0.25) is 9.59 Å². The number of nitrogens with one attached hydrogen (secondary N) is 2. The van der Waals surface area contributed by atoms with E-state index < -0.39 is 0 Å². The van der Waals surface area contributed by atoms with Crippen LogP contribution >= 0.6 is 0 Å². The SMILES string of the molecule is Cc1ccc(/C=C/C(=O)NCCCNC(=O)/C=C/c2ccc(C)cc2)cc1. The molecule has 0 unspecified atom stereocenters. The van der Waals surface area contributed by atoms with Crippen LogP contribution in [0.1, 0.15) is 28.7 Å². The first-order valence-corrected chi connectivity index (χ1v) is 9.08. The predicted octanol–water partition coefficient (Wildman–Crippen LogP) is 3.65. The van der Waals surface area contributed by atoms with Gasteiger partial charge in [-0.15, -0.1) is 0 Å². The van der Waals surface area contributed by atoms with Gasteiger partial charge in [-0.2, -0.15) is 0 Å². The number of carbonyl (C=O) groups is 2. The van der Waals surface area contributed by atoms with Crippen LogP contribution in [0.25, 0.3) is 12.2 Å². The van der Waals surface area contributed by atoms with E-state index in [1.165, 1.54) is 23.3 Å². The van der Waals surface area contributed by atoms with E-state index in [0.717, 1.165) is 11.1 Å². The molecule has 0 aliphatic carbocycles. The lowest BCUT2D eigenvalue weighted by atomic mass is 10.1. The molecule has 140 valence electrons. The summed E-state index contributed by atoms with van der Waals surface area (Å²) in [6.07, 6.45) is 7.29. The third-order valence-electron chi connectivity index (χ3n) is 3.96. The van der Waals surface area contributed by atoms with Crippen molar-refractivity contribution < 1.29 is 9.59 Å². The summed E-state index contributed by atoms with van der Waals surface area (Å²) in [6.45, 7) is 5.08. The van der Waals surface area contributed by atoms with Gasteiger partial charge < -0.3 is 10.6 Å². The Morgan fingerprint density at radius 2 is 1.07 bits per heavy atom. The molecule has 0 radical (unpaired) electrons. The second-order valence-electron chi connectivity index (χ2n) is 6.42. The van der Waals surface area contributed by atoms with Crippen molar-refractivity contribution in [2.75, 3.05) is 13.1 Å². The van der Waals surface area contributed by atoms with E-state index in [4.69, 9.17) is 0 Å². The highest BCUT2D eigenvalue weighted by Gasteiger charge is 1.97. The Bertz CT molecular complexity index is 734. The highest BCUT2D eigenvalue weighted by Crippen LogP contribution is 2.05. The van der Waals surface area contributed by atoms with Gasteiger partial charge >= 0.3 is 0 Å². The molecule has 0 saturated heterocycles. The molecular formula is C23H26N2O2. The molecule has 4 nitrogen and oxygen atoms in total. The highest BCUT2D eigenvalue weighted by atomic mass is 16.2. The molecule has 27 heavy (non-hydrogen) atoms. The Kier molecular flexibility index (Phi) is 8.04. The number of benzene rings is 2. The third kappa shape index (κ3) is 8.19. The topological polar surface area (TPSA) is 58.2 Å². The van der Waals surface area contributed by atoms with Crippen molar-refractivity contribution in [3.8, 4) is 0 Å². The summed E-state index contributed by atoms with van der Waals surface area (Å²) in [7, 11) is 0. The van der Waals surface area contributed by atoms with Crippen LogP contribution in [0.5, 0.6) is 0 Å². The van der Waals surface area contributed by atoms with Crippen molar-refractivity contribution in [2.24, 2.45) is 0 Å². The maximum atomic E-state index is 11.8. The first kappa shape index (κ1) is 20.2. The Hall–Kier alpha value is -3.14. The fraction of sp³-hybridized carbons (Fsp3) is 0.217. The molecule has 0 aliphatic heterocycles. The van der Waals surface area contributed by atoms with Crippen molar-refractivity contribution in [2.45, 2.75) is 20.3 Å². The molecule has 4 heteroatoms. The lowest BCUT2D eigenvalue weighted by molar-refractivity contribution is -0.116. The molecule has 2 rings (SSSR count). The van der Waals surface area contributed by atoms with Crippen molar-refractivity contribution in [1.29, 1.82) is 0 Å². The van der Waals surface area contributed by atoms with Crippen LogP contribution in [0.15, 0.2) is 60.7 Å². The Morgan fingerprint density at radius 1 is 0.704 bits per heavy atom. The van der Waals surface area contributed by atoms with Gasteiger partial charge in [0, 0.05) is 25.2 Å². The van der Waals surface area contributed by atoms with Gasteiger partial charge in [0.1, 0.15) is 0 Å². The average Bonchev–Trinajstić information content (AvgIpc) is 2.67. The number of rotatable bonds is 8. The first-order valence-electron chi connectivity index (χ1n) is 9.08. The van der Waals surface area contributed by atoms with Gasteiger partial charge in [-0.25, -0.2) is 0 Å². The second kappa shape index (κ2) is 10.8. The van der Waals surface area contributed by atoms with Crippen molar-refractivity contribution in [3.05, 3.63) is 82.9 Å². The minimum absolute atomic E-state index is 0.138. The van der Waals surface area contributed by atoms with Gasteiger partial charge in [-0.05, 0) is 43.5 Å². The summed E-state index contributed by atoms with van der Waals surface area (Å²) >= 11 is 0. The first-order chi connectivity index (χ1) is 13.0. The lowest BCUT2D eigenvalue weighted by Crippen LogP contribution is -2.28. The van der Waals surface area contributed by atoms with E-state index in [9.17, 15) is 9.59 Å². The zero-order valence-corrected chi connectivity index (χ0v) is 15.9. The molecule has 0 aromatic heterocycles. The van der Waals surface area contributed by atoms with E-state index in [-0.39, 0.29) is 11.8 Å². The second-order valence-corrected chi connectivity index (χ2v) is 6.42. The van der Waals surface area contributed by atoms with Crippen LogP contribution in [0.3, 0.4) is 0 Å². The Labute approximate surface area is 161 Å². The summed E-state index contributed by atoms with van der Waals surface area (Å²) < 4.78 is 0. The van der Waals surface area contributed by atoms with E-state index >= 15 is 0 Å². The fourth-order valence-corrected chi connectivity index (χ4v) is 2.33. The van der Waals surface area contributed by atoms with E-state index in [1.54, 1.807) is 12.2 Å². The monoisotopic (exact) mass is 362 g/mol. The predicted molar refractivity (Wildman–Crippen MR) is 111 cm³/mol. The molecule has 0 spiro atoms. The largest absolute Gasteiger partial charge is 0.352 e. The highest BCUT2D eigenvalue weighted by molar-refractivity contribution is 5.92. The molecule has 2 aromatic rings. The van der Waals surface area contributed by atoms with Crippen LogP contribution in [0.4, 0.5) is 0 Å². The van der Waals surface area contributed by atoms with Crippen molar-refractivity contribution in [1.82, 2.24) is 10.6 Å². The van der Waals surface area contributed by atoms with Crippen LogP contribution < -0.4 is 10.6 Å². The molecule has 0 bridgehead atoms. The lowest BCUT2D eigenvalue weighted by Gasteiger charge is -2.03. The fourth-order valence-electron chi connectivity index (χ4n) is 2.33. The normalized spacial score (nSPS) is 11.0. The number of hydrogen-bond acceptors (Lipinski definition) is 2. The quantitative estimate of drug-likeness (QED) is 0.556. The molecule has 0 atom stereocenters. The zero-order chi connectivity index (χ0) is 19.5. The van der Waals surface area contributed by atoms with Crippen LogP contribution in [0, 0.1) is 13.8 Å². The number of amides is 2. The molecule has 2 N–H and O–H groups in total. The molecule has 0 saturated carbocycles. The van der Waals surface area contributed by atoms with Crippen molar-refractivity contribution >= 4 is 24.0 Å². The zero-order valence-electron chi connectivity index (χ0n) is 15.9. The van der Waals surface area contributed by atoms with E-state index in [2.05, 4.69) is 10.6 Å². The number of hydrogen-bond donors (Lipinski definition) is 2. The summed E-state index contributed by atoms with van der Waals surface area (Å²) in [5.41, 5.74) is 4.35. The van der Waals surface area contributed by atoms with Crippen LogP contribution in [-0.2, 0) is 9.59 Å². The molecular weight excluding hydrogens is 336 g/mol. The minimum atomic E-state index is -0.138. The standard InChI is InChI=1S/C23H26N2O2/c1-18-4-8-20(9-5-18)12-14-22(26)24-16-3-17-25-23(27)15-13-21-10-6-19(2)7-11-21/h4-15H,3,16-17H2,1-2H3,(H,24,26)(H,25,27)/b14-12+,15-13+. The number of carbonyl (C=O) groups excluding carboxylic acids is 2. The van der Waals surface area contributed by atoms with E-state index in [0.29, 0.717) is 19.5 Å². The smallest absolute Gasteiger partial charge is 0.244 e. The minimum Gasteiger partial charge on any atom is -0.352 e. The van der Waals surface area contributed by atoms with E-state index in [1.807, 2.05) is 62.4 Å². The summed E-state index contributed by atoms with van der Waals surface area (Å²) in [5.74, 6) is -0.276.